The Morgan fingerprint density at radius 3 is 2.18 bits per heavy atom. The van der Waals surface area contributed by atoms with Crippen molar-refractivity contribution >= 4 is 5.91 Å². The molecule has 0 saturated heterocycles. The summed E-state index contributed by atoms with van der Waals surface area (Å²) < 4.78 is 6.65. The summed E-state index contributed by atoms with van der Waals surface area (Å²) in [6.07, 6.45) is 2.15. The van der Waals surface area contributed by atoms with Crippen LogP contribution in [0.3, 0.4) is 0 Å². The lowest BCUT2D eigenvalue weighted by Gasteiger charge is -2.18. The molecule has 0 aliphatic carbocycles. The Bertz CT molecular complexity index is 1250. The molecule has 0 spiro atoms. The molecule has 0 aliphatic heterocycles. The van der Waals surface area contributed by atoms with Gasteiger partial charge in [0.25, 0.3) is 5.56 Å². The van der Waals surface area contributed by atoms with Gasteiger partial charge < -0.3 is 10.1 Å². The number of amides is 1. The van der Waals surface area contributed by atoms with Crippen molar-refractivity contribution in [2.45, 2.75) is 18.9 Å². The first-order chi connectivity index (χ1) is 16.7. The number of nitrogens with one attached hydrogen (secondary N) is 1. The summed E-state index contributed by atoms with van der Waals surface area (Å²) in [6, 6.07) is 29.3. The zero-order valence-corrected chi connectivity index (χ0v) is 19.1. The first kappa shape index (κ1) is 23.0. The zero-order chi connectivity index (χ0) is 23.8. The molecule has 4 aromatic rings. The molecular formula is C28H27N3O3. The van der Waals surface area contributed by atoms with E-state index in [1.807, 2.05) is 60.7 Å². The van der Waals surface area contributed by atoms with Crippen LogP contribution < -0.4 is 15.6 Å². The maximum atomic E-state index is 12.6. The predicted molar refractivity (Wildman–Crippen MR) is 133 cm³/mol. The van der Waals surface area contributed by atoms with Gasteiger partial charge in [-0.3, -0.25) is 14.2 Å². The van der Waals surface area contributed by atoms with Crippen molar-refractivity contribution in [1.29, 1.82) is 0 Å². The Labute approximate surface area is 198 Å². The summed E-state index contributed by atoms with van der Waals surface area (Å²) in [7, 11) is 1.57. The molecule has 4 rings (SSSR count). The van der Waals surface area contributed by atoms with Gasteiger partial charge in [0.2, 0.25) is 5.91 Å². The van der Waals surface area contributed by atoms with Crippen molar-refractivity contribution in [1.82, 2.24) is 14.9 Å². The van der Waals surface area contributed by atoms with Gasteiger partial charge in [-0.05, 0) is 29.7 Å². The lowest BCUT2D eigenvalue weighted by Crippen LogP contribution is -2.33. The highest BCUT2D eigenvalue weighted by molar-refractivity contribution is 5.75. The maximum Gasteiger partial charge on any atom is 0.254 e. The van der Waals surface area contributed by atoms with E-state index < -0.39 is 0 Å². The van der Waals surface area contributed by atoms with Crippen LogP contribution in [0.2, 0.25) is 0 Å². The lowest BCUT2D eigenvalue weighted by atomic mass is 9.88. The third-order valence-electron chi connectivity index (χ3n) is 5.74. The van der Waals surface area contributed by atoms with Gasteiger partial charge in [0.05, 0.1) is 19.1 Å². The molecule has 0 bridgehead atoms. The molecule has 3 aromatic carbocycles. The van der Waals surface area contributed by atoms with E-state index >= 15 is 0 Å². The van der Waals surface area contributed by atoms with Gasteiger partial charge in [-0.15, -0.1) is 0 Å². The third-order valence-corrected chi connectivity index (χ3v) is 5.74. The monoisotopic (exact) mass is 453 g/mol. The minimum atomic E-state index is -0.294. The Hall–Kier alpha value is -4.19. The van der Waals surface area contributed by atoms with Gasteiger partial charge in [-0.2, -0.15) is 0 Å². The van der Waals surface area contributed by atoms with E-state index in [9.17, 15) is 9.59 Å². The van der Waals surface area contributed by atoms with Crippen LogP contribution in [0.1, 0.15) is 23.5 Å². The smallest absolute Gasteiger partial charge is 0.254 e. The lowest BCUT2D eigenvalue weighted by molar-refractivity contribution is -0.121. The van der Waals surface area contributed by atoms with Gasteiger partial charge in [0, 0.05) is 24.1 Å². The number of hydrogen-bond acceptors (Lipinski definition) is 4. The van der Waals surface area contributed by atoms with Crippen LogP contribution in [-0.4, -0.2) is 29.1 Å². The van der Waals surface area contributed by atoms with E-state index in [1.54, 1.807) is 7.11 Å². The number of carbonyl (C=O) groups is 1. The predicted octanol–water partition coefficient (Wildman–Crippen LogP) is 4.26. The molecular weight excluding hydrogens is 426 g/mol. The number of ether oxygens (including phenoxy) is 1. The number of methoxy groups -OCH3 is 1. The van der Waals surface area contributed by atoms with Gasteiger partial charge in [-0.1, -0.05) is 72.8 Å². The Balaban J connectivity index is 1.39. The molecule has 1 N–H and O–H groups in total. The number of nitrogens with zero attached hydrogens (tertiary/aromatic N) is 2. The standard InChI is InChI=1S/C28H27N3O3/c1-34-26-15-9-8-14-24(26)25-18-28(33)31(20-30-25)19-27(32)29-17-16-23(21-10-4-2-5-11-21)22-12-6-3-7-13-22/h2-15,18,20,23H,16-17,19H2,1H3,(H,29,32). The third kappa shape index (κ3) is 5.59. The minimum absolute atomic E-state index is 0.0839. The van der Waals surface area contributed by atoms with Crippen LogP contribution in [0.25, 0.3) is 11.3 Å². The van der Waals surface area contributed by atoms with Crippen LogP contribution in [0.4, 0.5) is 0 Å². The summed E-state index contributed by atoms with van der Waals surface area (Å²) in [5.41, 5.74) is 3.35. The van der Waals surface area contributed by atoms with Crippen molar-refractivity contribution in [3.05, 3.63) is 119 Å². The largest absolute Gasteiger partial charge is 0.496 e. The number of rotatable bonds is 9. The first-order valence-corrected chi connectivity index (χ1v) is 11.2. The van der Waals surface area contributed by atoms with Crippen molar-refractivity contribution in [3.8, 4) is 17.0 Å². The summed E-state index contributed by atoms with van der Waals surface area (Å²) in [4.78, 5) is 29.5. The van der Waals surface area contributed by atoms with Gasteiger partial charge >= 0.3 is 0 Å². The highest BCUT2D eigenvalue weighted by Crippen LogP contribution is 2.28. The van der Waals surface area contributed by atoms with Crippen LogP contribution >= 0.6 is 0 Å². The molecule has 1 aromatic heterocycles. The van der Waals surface area contributed by atoms with Gasteiger partial charge in [0.15, 0.2) is 0 Å². The fourth-order valence-electron chi connectivity index (χ4n) is 4.01. The second-order valence-electron chi connectivity index (χ2n) is 7.95. The fourth-order valence-corrected chi connectivity index (χ4v) is 4.01. The molecule has 0 radical (unpaired) electrons. The second kappa shape index (κ2) is 11.1. The van der Waals surface area contributed by atoms with E-state index in [2.05, 4.69) is 34.6 Å². The number of aromatic nitrogens is 2. The molecule has 0 fully saturated rings. The zero-order valence-electron chi connectivity index (χ0n) is 19.1. The van der Waals surface area contributed by atoms with E-state index in [0.29, 0.717) is 18.0 Å². The molecule has 6 heteroatoms. The van der Waals surface area contributed by atoms with Crippen molar-refractivity contribution in [2.24, 2.45) is 0 Å². The Kier molecular flexibility index (Phi) is 7.50. The Morgan fingerprint density at radius 1 is 0.941 bits per heavy atom. The number of benzene rings is 3. The number of carbonyl (C=O) groups excluding carboxylic acids is 1. The van der Waals surface area contributed by atoms with Crippen molar-refractivity contribution in [3.63, 3.8) is 0 Å². The number of para-hydroxylation sites is 1. The fraction of sp³-hybridized carbons (Fsp3) is 0.179. The summed E-state index contributed by atoms with van der Waals surface area (Å²) in [5, 5.41) is 2.95. The van der Waals surface area contributed by atoms with E-state index in [4.69, 9.17) is 4.74 Å². The summed E-state index contributed by atoms with van der Waals surface area (Å²) in [5.74, 6) is 0.581. The molecule has 34 heavy (non-hydrogen) atoms. The van der Waals surface area contributed by atoms with Crippen molar-refractivity contribution in [2.75, 3.05) is 13.7 Å². The van der Waals surface area contributed by atoms with E-state index in [-0.39, 0.29) is 23.9 Å². The molecule has 1 heterocycles. The average molecular weight is 454 g/mol. The topological polar surface area (TPSA) is 73.2 Å². The molecule has 0 atom stereocenters. The molecule has 1 amide bonds. The highest BCUT2D eigenvalue weighted by atomic mass is 16.5. The van der Waals surface area contributed by atoms with Crippen LogP contribution in [0.15, 0.2) is 102 Å². The van der Waals surface area contributed by atoms with Crippen LogP contribution in [0.5, 0.6) is 5.75 Å². The average Bonchev–Trinajstić information content (AvgIpc) is 2.89. The molecule has 172 valence electrons. The molecule has 0 saturated carbocycles. The quantitative estimate of drug-likeness (QED) is 0.411. The molecule has 0 aliphatic rings. The Morgan fingerprint density at radius 2 is 1.56 bits per heavy atom. The summed E-state index contributed by atoms with van der Waals surface area (Å²) >= 11 is 0. The maximum absolute atomic E-state index is 12.6. The van der Waals surface area contributed by atoms with Crippen LogP contribution in [-0.2, 0) is 11.3 Å². The summed E-state index contributed by atoms with van der Waals surface area (Å²) in [6.45, 7) is 0.411. The molecule has 6 nitrogen and oxygen atoms in total. The SMILES string of the molecule is COc1ccccc1-c1cc(=O)n(CC(=O)NCCC(c2ccccc2)c2ccccc2)cn1. The van der Waals surface area contributed by atoms with Gasteiger partial charge in [-0.25, -0.2) is 4.98 Å². The van der Waals surface area contributed by atoms with E-state index in [1.165, 1.54) is 28.1 Å². The van der Waals surface area contributed by atoms with Gasteiger partial charge in [0.1, 0.15) is 12.3 Å². The number of hydrogen-bond donors (Lipinski definition) is 1. The normalized spacial score (nSPS) is 10.8. The van der Waals surface area contributed by atoms with E-state index in [0.717, 1.165) is 12.0 Å². The first-order valence-electron chi connectivity index (χ1n) is 11.2. The second-order valence-corrected chi connectivity index (χ2v) is 7.95. The van der Waals surface area contributed by atoms with Crippen molar-refractivity contribution < 1.29 is 9.53 Å². The highest BCUT2D eigenvalue weighted by Gasteiger charge is 2.15. The minimum Gasteiger partial charge on any atom is -0.496 e. The molecule has 0 unspecified atom stereocenters. The van der Waals surface area contributed by atoms with Crippen LogP contribution in [0, 0.1) is 0 Å².